The monoisotopic (exact) mass is 186 g/mol. The highest BCUT2D eigenvalue weighted by Gasteiger charge is 2.18. The molecule has 0 unspecified atom stereocenters. The number of hydrogen-bond donors (Lipinski definition) is 1. The van der Waals surface area contributed by atoms with Crippen molar-refractivity contribution in [3.8, 4) is 0 Å². The molecule has 0 aliphatic heterocycles. The van der Waals surface area contributed by atoms with E-state index in [9.17, 15) is 18.4 Å². The number of hydrogen-bond acceptors (Lipinski definition) is 2. The van der Waals surface area contributed by atoms with Crippen LogP contribution in [0.15, 0.2) is 12.1 Å². The van der Waals surface area contributed by atoms with Gasteiger partial charge in [-0.1, -0.05) is 0 Å². The minimum Gasteiger partial charge on any atom is -0.477 e. The lowest BCUT2D eigenvalue weighted by atomic mass is 10.1. The van der Waals surface area contributed by atoms with Crippen LogP contribution in [-0.4, -0.2) is 17.4 Å². The van der Waals surface area contributed by atoms with Crippen LogP contribution in [0.5, 0.6) is 0 Å². The predicted octanol–water partition coefficient (Wildman–Crippen LogP) is 1.48. The third-order valence-electron chi connectivity index (χ3n) is 1.46. The molecule has 0 amide bonds. The molecule has 1 N–H and O–H groups in total. The van der Waals surface area contributed by atoms with Crippen LogP contribution in [0.25, 0.3) is 0 Å². The highest BCUT2D eigenvalue weighted by atomic mass is 19.1. The zero-order valence-corrected chi connectivity index (χ0v) is 6.25. The van der Waals surface area contributed by atoms with Gasteiger partial charge in [0.05, 0.1) is 5.56 Å². The van der Waals surface area contributed by atoms with Crippen LogP contribution in [0, 0.1) is 11.6 Å². The second-order valence-corrected chi connectivity index (χ2v) is 2.25. The van der Waals surface area contributed by atoms with Gasteiger partial charge in [0.15, 0.2) is 12.1 Å². The summed E-state index contributed by atoms with van der Waals surface area (Å²) in [7, 11) is 0. The van der Waals surface area contributed by atoms with Gasteiger partial charge in [0.2, 0.25) is 0 Å². The van der Waals surface area contributed by atoms with Crippen molar-refractivity contribution in [2.45, 2.75) is 0 Å². The standard InChI is InChI=1S/C8H4F2O3/c9-5-2-1-4(3-11)7(10)6(5)8(12)13/h1-3H,(H,12,13). The van der Waals surface area contributed by atoms with Crippen LogP contribution in [-0.2, 0) is 0 Å². The van der Waals surface area contributed by atoms with Gasteiger partial charge in [-0.25, -0.2) is 13.6 Å². The molecule has 5 heteroatoms. The molecule has 0 aliphatic carbocycles. The Kier molecular flexibility index (Phi) is 2.36. The number of carbonyl (C=O) groups is 2. The largest absolute Gasteiger partial charge is 0.477 e. The first-order valence-corrected chi connectivity index (χ1v) is 3.24. The minimum absolute atomic E-state index is 0.126. The molecule has 0 heterocycles. The fourth-order valence-electron chi connectivity index (χ4n) is 0.856. The summed E-state index contributed by atoms with van der Waals surface area (Å²) in [6.07, 6.45) is 0.126. The van der Waals surface area contributed by atoms with Gasteiger partial charge in [-0.05, 0) is 12.1 Å². The Morgan fingerprint density at radius 3 is 2.46 bits per heavy atom. The maximum Gasteiger partial charge on any atom is 0.341 e. The van der Waals surface area contributed by atoms with Crippen LogP contribution in [0.1, 0.15) is 20.7 Å². The van der Waals surface area contributed by atoms with E-state index in [1.165, 1.54) is 0 Å². The molecule has 0 bridgehead atoms. The van der Waals surface area contributed by atoms with Crippen molar-refractivity contribution in [3.63, 3.8) is 0 Å². The summed E-state index contributed by atoms with van der Waals surface area (Å²) in [5, 5.41) is 8.37. The van der Waals surface area contributed by atoms with Gasteiger partial charge in [-0.2, -0.15) is 0 Å². The van der Waals surface area contributed by atoms with Gasteiger partial charge >= 0.3 is 5.97 Å². The van der Waals surface area contributed by atoms with E-state index in [2.05, 4.69) is 0 Å². The molecule has 0 fully saturated rings. The van der Waals surface area contributed by atoms with Crippen molar-refractivity contribution in [2.75, 3.05) is 0 Å². The summed E-state index contributed by atoms with van der Waals surface area (Å²) in [5.41, 5.74) is -1.58. The molecule has 0 spiro atoms. The van der Waals surface area contributed by atoms with E-state index >= 15 is 0 Å². The zero-order chi connectivity index (χ0) is 10.0. The molecule has 1 aromatic rings. The van der Waals surface area contributed by atoms with Crippen LogP contribution < -0.4 is 0 Å². The number of aldehydes is 1. The molecule has 0 saturated heterocycles. The van der Waals surface area contributed by atoms with Gasteiger partial charge in [0, 0.05) is 0 Å². The van der Waals surface area contributed by atoms with Crippen molar-refractivity contribution in [1.82, 2.24) is 0 Å². The zero-order valence-electron chi connectivity index (χ0n) is 6.25. The Bertz CT molecular complexity index is 374. The van der Waals surface area contributed by atoms with Crippen LogP contribution in [0.3, 0.4) is 0 Å². The molecule has 13 heavy (non-hydrogen) atoms. The van der Waals surface area contributed by atoms with Crippen LogP contribution >= 0.6 is 0 Å². The molecule has 1 aromatic carbocycles. The Morgan fingerprint density at radius 1 is 1.38 bits per heavy atom. The average molecular weight is 186 g/mol. The highest BCUT2D eigenvalue weighted by molar-refractivity contribution is 5.91. The topological polar surface area (TPSA) is 54.4 Å². The maximum atomic E-state index is 12.9. The second-order valence-electron chi connectivity index (χ2n) is 2.25. The predicted molar refractivity (Wildman–Crippen MR) is 38.7 cm³/mol. The fraction of sp³-hybridized carbons (Fsp3) is 0. The number of carbonyl (C=O) groups excluding carboxylic acids is 1. The van der Waals surface area contributed by atoms with Gasteiger partial charge < -0.3 is 5.11 Å². The van der Waals surface area contributed by atoms with E-state index in [0.717, 1.165) is 12.1 Å². The SMILES string of the molecule is O=Cc1ccc(F)c(C(=O)O)c1F. The third-order valence-corrected chi connectivity index (χ3v) is 1.46. The van der Waals surface area contributed by atoms with Crippen LogP contribution in [0.4, 0.5) is 8.78 Å². The van der Waals surface area contributed by atoms with Gasteiger partial charge in [-0.15, -0.1) is 0 Å². The Balaban J connectivity index is 3.47. The first-order valence-electron chi connectivity index (χ1n) is 3.24. The summed E-state index contributed by atoms with van der Waals surface area (Å²) in [6, 6.07) is 1.61. The number of aromatic carboxylic acids is 1. The van der Waals surface area contributed by atoms with E-state index in [1.807, 2.05) is 0 Å². The summed E-state index contributed by atoms with van der Waals surface area (Å²) in [4.78, 5) is 20.5. The van der Waals surface area contributed by atoms with Crippen molar-refractivity contribution in [2.24, 2.45) is 0 Å². The van der Waals surface area contributed by atoms with Gasteiger partial charge in [-0.3, -0.25) is 4.79 Å². The van der Waals surface area contributed by atoms with Crippen molar-refractivity contribution < 1.29 is 23.5 Å². The number of benzene rings is 1. The van der Waals surface area contributed by atoms with Gasteiger partial charge in [0.1, 0.15) is 11.4 Å². The molecule has 0 radical (unpaired) electrons. The van der Waals surface area contributed by atoms with Crippen molar-refractivity contribution >= 4 is 12.3 Å². The van der Waals surface area contributed by atoms with E-state index in [1.54, 1.807) is 0 Å². The summed E-state index contributed by atoms with van der Waals surface area (Å²) in [6.45, 7) is 0. The molecule has 1 rings (SSSR count). The Morgan fingerprint density at radius 2 is 2.00 bits per heavy atom. The average Bonchev–Trinajstić information content (AvgIpc) is 2.04. The van der Waals surface area contributed by atoms with Crippen molar-refractivity contribution in [3.05, 3.63) is 34.9 Å². The Labute approximate surface area is 71.6 Å². The van der Waals surface area contributed by atoms with Crippen molar-refractivity contribution in [1.29, 1.82) is 0 Å². The summed E-state index contributed by atoms with van der Waals surface area (Å²) >= 11 is 0. The lowest BCUT2D eigenvalue weighted by Crippen LogP contribution is -2.06. The van der Waals surface area contributed by atoms with Crippen LogP contribution in [0.2, 0.25) is 0 Å². The van der Waals surface area contributed by atoms with E-state index < -0.39 is 28.7 Å². The van der Waals surface area contributed by atoms with E-state index in [4.69, 9.17) is 5.11 Å². The first kappa shape index (κ1) is 9.31. The minimum atomic E-state index is -1.74. The normalized spacial score (nSPS) is 9.69. The summed E-state index contributed by atoms with van der Waals surface area (Å²) in [5.74, 6) is -4.28. The maximum absolute atomic E-state index is 12.9. The van der Waals surface area contributed by atoms with E-state index in [0.29, 0.717) is 0 Å². The first-order chi connectivity index (χ1) is 6.07. The smallest absolute Gasteiger partial charge is 0.341 e. The molecular weight excluding hydrogens is 182 g/mol. The molecular formula is C8H4F2O3. The molecule has 3 nitrogen and oxygen atoms in total. The number of carboxylic acids is 1. The number of halogens is 2. The molecule has 0 aromatic heterocycles. The number of carboxylic acid groups (broad SMARTS) is 1. The molecule has 0 aliphatic rings. The quantitative estimate of drug-likeness (QED) is 0.711. The number of rotatable bonds is 2. The molecule has 68 valence electrons. The second kappa shape index (κ2) is 3.30. The summed E-state index contributed by atoms with van der Waals surface area (Å²) < 4.78 is 25.6. The molecule has 0 atom stereocenters. The fourth-order valence-corrected chi connectivity index (χ4v) is 0.856. The van der Waals surface area contributed by atoms with Gasteiger partial charge in [0.25, 0.3) is 0 Å². The Hall–Kier alpha value is -1.78. The lowest BCUT2D eigenvalue weighted by Gasteiger charge is -2.00. The molecule has 0 saturated carbocycles. The van der Waals surface area contributed by atoms with E-state index in [-0.39, 0.29) is 6.29 Å². The third kappa shape index (κ3) is 1.53. The highest BCUT2D eigenvalue weighted by Crippen LogP contribution is 2.15. The lowest BCUT2D eigenvalue weighted by molar-refractivity contribution is 0.0686.